The van der Waals surface area contributed by atoms with Crippen molar-refractivity contribution in [2.75, 3.05) is 18.1 Å². The normalized spacial score (nSPS) is 11.4. The van der Waals surface area contributed by atoms with E-state index < -0.39 is 10.0 Å². The molecule has 8 heteroatoms. The van der Waals surface area contributed by atoms with E-state index in [1.54, 1.807) is 30.3 Å². The van der Waals surface area contributed by atoms with Gasteiger partial charge in [0.15, 0.2) is 0 Å². The lowest BCUT2D eigenvalue weighted by atomic mass is 10.2. The maximum atomic E-state index is 11.7. The number of halogens is 2. The van der Waals surface area contributed by atoms with Gasteiger partial charge in [0, 0.05) is 15.2 Å². The van der Waals surface area contributed by atoms with Crippen molar-refractivity contribution in [1.29, 1.82) is 0 Å². The lowest BCUT2D eigenvalue weighted by Crippen LogP contribution is -2.19. The molecule has 2 aromatic carbocycles. The zero-order valence-electron chi connectivity index (χ0n) is 11.0. The molecular formula is C13H13BrClN3O2S. The van der Waals surface area contributed by atoms with E-state index >= 15 is 0 Å². The van der Waals surface area contributed by atoms with E-state index in [0.29, 0.717) is 10.7 Å². The molecule has 0 heterocycles. The molecule has 4 N–H and O–H groups in total. The van der Waals surface area contributed by atoms with Crippen LogP contribution in [0.5, 0.6) is 0 Å². The Hall–Kier alpha value is -1.28. The fourth-order valence-corrected chi connectivity index (χ4v) is 3.35. The Bertz CT molecular complexity index is 781. The van der Waals surface area contributed by atoms with E-state index in [-0.39, 0.29) is 10.6 Å². The molecule has 0 saturated heterocycles. The first-order valence-electron chi connectivity index (χ1n) is 5.88. The summed E-state index contributed by atoms with van der Waals surface area (Å²) in [7, 11) is -2.22. The van der Waals surface area contributed by atoms with Gasteiger partial charge in [-0.05, 0) is 59.4 Å². The van der Waals surface area contributed by atoms with Crippen LogP contribution in [0.3, 0.4) is 0 Å². The lowest BCUT2D eigenvalue weighted by Gasteiger charge is -2.12. The van der Waals surface area contributed by atoms with Crippen LogP contribution in [0, 0.1) is 0 Å². The fraction of sp³-hybridized carbons (Fsp3) is 0.0769. The second-order valence-electron chi connectivity index (χ2n) is 4.21. The molecule has 0 aliphatic rings. The van der Waals surface area contributed by atoms with Crippen molar-refractivity contribution in [2.45, 2.75) is 4.90 Å². The first-order chi connectivity index (χ1) is 9.83. The van der Waals surface area contributed by atoms with Crippen LogP contribution >= 0.6 is 27.5 Å². The van der Waals surface area contributed by atoms with E-state index in [0.717, 1.165) is 10.2 Å². The average Bonchev–Trinajstić information content (AvgIpc) is 2.42. The van der Waals surface area contributed by atoms with E-state index in [2.05, 4.69) is 26.0 Å². The van der Waals surface area contributed by atoms with E-state index in [1.807, 2.05) is 0 Å². The summed E-state index contributed by atoms with van der Waals surface area (Å²) in [5.74, 6) is 0. The Morgan fingerprint density at radius 2 is 1.90 bits per heavy atom. The number of rotatable bonds is 4. The fourth-order valence-electron chi connectivity index (χ4n) is 1.73. The summed E-state index contributed by atoms with van der Waals surface area (Å²) >= 11 is 9.28. The van der Waals surface area contributed by atoms with Crippen LogP contribution in [0.4, 0.5) is 17.1 Å². The Morgan fingerprint density at radius 1 is 1.19 bits per heavy atom. The second kappa shape index (κ2) is 6.23. The summed E-state index contributed by atoms with van der Waals surface area (Å²) < 4.78 is 26.5. The van der Waals surface area contributed by atoms with E-state index in [1.165, 1.54) is 13.1 Å². The maximum absolute atomic E-state index is 11.7. The molecule has 0 aromatic heterocycles. The quantitative estimate of drug-likeness (QED) is 0.699. The van der Waals surface area contributed by atoms with Crippen molar-refractivity contribution in [3.63, 3.8) is 0 Å². The predicted octanol–water partition coefficient (Wildman–Crippen LogP) is 3.34. The van der Waals surface area contributed by atoms with Crippen LogP contribution in [0.15, 0.2) is 45.8 Å². The average molecular weight is 391 g/mol. The van der Waals surface area contributed by atoms with Crippen molar-refractivity contribution in [2.24, 2.45) is 0 Å². The van der Waals surface area contributed by atoms with E-state index in [9.17, 15) is 8.42 Å². The van der Waals surface area contributed by atoms with Crippen LogP contribution < -0.4 is 15.8 Å². The molecule has 112 valence electrons. The molecule has 0 unspecified atom stereocenters. The third kappa shape index (κ3) is 3.68. The van der Waals surface area contributed by atoms with E-state index in [4.69, 9.17) is 17.3 Å². The van der Waals surface area contributed by atoms with Gasteiger partial charge in [-0.1, -0.05) is 11.6 Å². The molecule has 0 radical (unpaired) electrons. The number of nitrogens with one attached hydrogen (secondary N) is 2. The van der Waals surface area contributed by atoms with Gasteiger partial charge in [0.2, 0.25) is 10.0 Å². The number of sulfonamides is 1. The monoisotopic (exact) mass is 389 g/mol. The van der Waals surface area contributed by atoms with Gasteiger partial charge in [-0.25, -0.2) is 13.1 Å². The maximum Gasteiger partial charge on any atom is 0.242 e. The Labute approximate surface area is 136 Å². The molecule has 21 heavy (non-hydrogen) atoms. The first-order valence-corrected chi connectivity index (χ1v) is 8.54. The molecule has 5 nitrogen and oxygen atoms in total. The van der Waals surface area contributed by atoms with Gasteiger partial charge < -0.3 is 11.1 Å². The smallest absolute Gasteiger partial charge is 0.242 e. The molecule has 0 atom stereocenters. The minimum Gasteiger partial charge on any atom is -0.398 e. The standard InChI is InChI=1S/C13H13BrClN3O2S/c1-17-21(19,20)13-5-3-9(7-11(13)16)18-12-4-2-8(15)6-10(12)14/h2-7,17-18H,16H2,1H3. The van der Waals surface area contributed by atoms with Crippen molar-refractivity contribution < 1.29 is 8.42 Å². The van der Waals surface area contributed by atoms with Gasteiger partial charge in [0.25, 0.3) is 0 Å². The zero-order chi connectivity index (χ0) is 15.6. The first kappa shape index (κ1) is 16.1. The van der Waals surface area contributed by atoms with Gasteiger partial charge in [-0.15, -0.1) is 0 Å². The third-order valence-electron chi connectivity index (χ3n) is 2.78. The molecule has 2 rings (SSSR count). The van der Waals surface area contributed by atoms with Crippen LogP contribution in [-0.4, -0.2) is 15.5 Å². The molecule has 0 fully saturated rings. The van der Waals surface area contributed by atoms with Crippen LogP contribution in [0.25, 0.3) is 0 Å². The SMILES string of the molecule is CNS(=O)(=O)c1ccc(Nc2ccc(Cl)cc2Br)cc1N. The highest BCUT2D eigenvalue weighted by Crippen LogP contribution is 2.30. The van der Waals surface area contributed by atoms with Crippen LogP contribution in [0.2, 0.25) is 5.02 Å². The van der Waals surface area contributed by atoms with Gasteiger partial charge in [-0.3, -0.25) is 0 Å². The summed E-state index contributed by atoms with van der Waals surface area (Å²) in [5, 5.41) is 3.75. The molecule has 0 aliphatic heterocycles. The second-order valence-corrected chi connectivity index (χ2v) is 7.36. The summed E-state index contributed by atoms with van der Waals surface area (Å²) in [5.41, 5.74) is 7.44. The molecule has 0 amide bonds. The molecule has 0 bridgehead atoms. The number of anilines is 3. The lowest BCUT2D eigenvalue weighted by molar-refractivity contribution is 0.588. The van der Waals surface area contributed by atoms with Crippen LogP contribution in [-0.2, 0) is 10.0 Å². The van der Waals surface area contributed by atoms with Gasteiger partial charge >= 0.3 is 0 Å². The number of nitrogen functional groups attached to an aromatic ring is 1. The molecule has 2 aromatic rings. The highest BCUT2D eigenvalue weighted by Gasteiger charge is 2.15. The Balaban J connectivity index is 2.33. The molecular weight excluding hydrogens is 378 g/mol. The molecule has 0 saturated carbocycles. The van der Waals surface area contributed by atoms with Gasteiger partial charge in [-0.2, -0.15) is 0 Å². The minimum absolute atomic E-state index is 0.0470. The van der Waals surface area contributed by atoms with Crippen LogP contribution in [0.1, 0.15) is 0 Å². The molecule has 0 spiro atoms. The number of hydrogen-bond acceptors (Lipinski definition) is 4. The van der Waals surface area contributed by atoms with Crippen molar-refractivity contribution in [3.8, 4) is 0 Å². The number of benzene rings is 2. The highest BCUT2D eigenvalue weighted by molar-refractivity contribution is 9.10. The summed E-state index contributed by atoms with van der Waals surface area (Å²) in [6.45, 7) is 0. The Morgan fingerprint density at radius 3 is 2.48 bits per heavy atom. The largest absolute Gasteiger partial charge is 0.398 e. The third-order valence-corrected chi connectivity index (χ3v) is 5.16. The highest BCUT2D eigenvalue weighted by atomic mass is 79.9. The van der Waals surface area contributed by atoms with Crippen molar-refractivity contribution in [1.82, 2.24) is 4.72 Å². The van der Waals surface area contributed by atoms with Crippen molar-refractivity contribution >= 4 is 54.6 Å². The molecule has 0 aliphatic carbocycles. The predicted molar refractivity (Wildman–Crippen MR) is 89.5 cm³/mol. The number of hydrogen-bond donors (Lipinski definition) is 3. The summed E-state index contributed by atoms with van der Waals surface area (Å²) in [4.78, 5) is 0.0470. The topological polar surface area (TPSA) is 84.2 Å². The van der Waals surface area contributed by atoms with Gasteiger partial charge in [0.05, 0.1) is 11.4 Å². The van der Waals surface area contributed by atoms with Crippen molar-refractivity contribution in [3.05, 3.63) is 45.9 Å². The summed E-state index contributed by atoms with van der Waals surface area (Å²) in [6, 6.07) is 9.96. The minimum atomic E-state index is -3.56. The summed E-state index contributed by atoms with van der Waals surface area (Å²) in [6.07, 6.45) is 0. The Kier molecular flexibility index (Phi) is 4.77. The number of nitrogens with two attached hydrogens (primary N) is 1. The zero-order valence-corrected chi connectivity index (χ0v) is 14.2. The van der Waals surface area contributed by atoms with Gasteiger partial charge in [0.1, 0.15) is 4.90 Å².